The van der Waals surface area contributed by atoms with Crippen LogP contribution in [0.15, 0.2) is 70.2 Å². The molecule has 0 aliphatic rings. The van der Waals surface area contributed by atoms with E-state index in [2.05, 4.69) is 10.0 Å². The van der Waals surface area contributed by atoms with Crippen LogP contribution in [0.5, 0.6) is 0 Å². The number of aryl methyl sites for hydroxylation is 2. The second-order valence-electron chi connectivity index (χ2n) is 6.98. The Labute approximate surface area is 171 Å². The summed E-state index contributed by atoms with van der Waals surface area (Å²) in [6.07, 6.45) is 1.56. The molecule has 0 saturated heterocycles. The van der Waals surface area contributed by atoms with Gasteiger partial charge in [0.25, 0.3) is 5.91 Å². The molecule has 1 amide bonds. The van der Waals surface area contributed by atoms with Gasteiger partial charge in [-0.25, -0.2) is 13.1 Å². The van der Waals surface area contributed by atoms with Crippen molar-refractivity contribution in [2.45, 2.75) is 38.3 Å². The third kappa shape index (κ3) is 5.13. The number of nitrogens with one attached hydrogen (secondary N) is 2. The highest BCUT2D eigenvalue weighted by Crippen LogP contribution is 2.16. The van der Waals surface area contributed by atoms with E-state index in [9.17, 15) is 13.2 Å². The molecule has 1 aromatic heterocycles. The number of hydrogen-bond donors (Lipinski definition) is 2. The molecule has 0 saturated carbocycles. The van der Waals surface area contributed by atoms with Crippen LogP contribution in [0.4, 0.5) is 0 Å². The van der Waals surface area contributed by atoms with Gasteiger partial charge in [0.15, 0.2) is 0 Å². The van der Waals surface area contributed by atoms with Crippen LogP contribution >= 0.6 is 0 Å². The Morgan fingerprint density at radius 3 is 2.38 bits per heavy atom. The zero-order valence-corrected chi connectivity index (χ0v) is 17.4. The Bertz CT molecular complexity index is 1090. The molecule has 1 heterocycles. The highest BCUT2D eigenvalue weighted by atomic mass is 32.2. The monoisotopic (exact) mass is 412 g/mol. The van der Waals surface area contributed by atoms with E-state index in [4.69, 9.17) is 4.42 Å². The van der Waals surface area contributed by atoms with E-state index >= 15 is 0 Å². The summed E-state index contributed by atoms with van der Waals surface area (Å²) < 4.78 is 32.9. The van der Waals surface area contributed by atoms with Gasteiger partial charge in [-0.15, -0.1) is 0 Å². The van der Waals surface area contributed by atoms with E-state index in [1.807, 2.05) is 20.8 Å². The van der Waals surface area contributed by atoms with Gasteiger partial charge < -0.3 is 9.73 Å². The maximum Gasteiger partial charge on any atom is 0.251 e. The van der Waals surface area contributed by atoms with Gasteiger partial charge in [-0.1, -0.05) is 18.2 Å². The second kappa shape index (κ2) is 8.63. The minimum atomic E-state index is -3.60. The molecule has 7 heteroatoms. The van der Waals surface area contributed by atoms with Crippen LogP contribution in [0.2, 0.25) is 0 Å². The van der Waals surface area contributed by atoms with Crippen molar-refractivity contribution >= 4 is 15.9 Å². The molecule has 2 N–H and O–H groups in total. The third-order valence-corrected chi connectivity index (χ3v) is 6.19. The number of amides is 1. The van der Waals surface area contributed by atoms with E-state index in [1.165, 1.54) is 0 Å². The molecule has 0 radical (unpaired) electrons. The molecule has 0 unspecified atom stereocenters. The lowest BCUT2D eigenvalue weighted by Crippen LogP contribution is -2.26. The maximum absolute atomic E-state index is 12.5. The summed E-state index contributed by atoms with van der Waals surface area (Å²) in [5, 5.41) is 2.86. The topological polar surface area (TPSA) is 88.4 Å². The molecule has 1 atom stereocenters. The second-order valence-corrected chi connectivity index (χ2v) is 8.75. The Kier molecular flexibility index (Phi) is 6.20. The third-order valence-electron chi connectivity index (χ3n) is 4.79. The summed E-state index contributed by atoms with van der Waals surface area (Å²) >= 11 is 0. The molecule has 6 nitrogen and oxygen atoms in total. The number of carbonyl (C=O) groups is 1. The van der Waals surface area contributed by atoms with E-state index in [0.717, 1.165) is 16.7 Å². The van der Waals surface area contributed by atoms with Crippen molar-refractivity contribution in [1.29, 1.82) is 0 Å². The quantitative estimate of drug-likeness (QED) is 0.617. The fourth-order valence-electron chi connectivity index (χ4n) is 2.81. The van der Waals surface area contributed by atoms with E-state index in [-0.39, 0.29) is 23.4 Å². The van der Waals surface area contributed by atoms with Gasteiger partial charge in [0.1, 0.15) is 5.76 Å². The van der Waals surface area contributed by atoms with Crippen molar-refractivity contribution in [3.8, 4) is 0 Å². The first kappa shape index (κ1) is 20.8. The molecule has 152 valence electrons. The van der Waals surface area contributed by atoms with Gasteiger partial charge in [0, 0.05) is 12.1 Å². The first-order valence-corrected chi connectivity index (χ1v) is 10.7. The van der Waals surface area contributed by atoms with Crippen molar-refractivity contribution in [3.05, 3.63) is 88.9 Å². The van der Waals surface area contributed by atoms with Crippen LogP contribution in [-0.4, -0.2) is 14.3 Å². The van der Waals surface area contributed by atoms with Gasteiger partial charge in [-0.2, -0.15) is 0 Å². The van der Waals surface area contributed by atoms with Crippen LogP contribution in [-0.2, 0) is 16.6 Å². The highest BCUT2D eigenvalue weighted by molar-refractivity contribution is 7.89. The molecular weight excluding hydrogens is 388 g/mol. The predicted molar refractivity (Wildman–Crippen MR) is 111 cm³/mol. The van der Waals surface area contributed by atoms with Crippen LogP contribution < -0.4 is 10.0 Å². The van der Waals surface area contributed by atoms with Crippen molar-refractivity contribution < 1.29 is 17.6 Å². The molecular formula is C22H24N2O4S. The molecule has 3 rings (SSSR count). The average molecular weight is 413 g/mol. The van der Waals surface area contributed by atoms with Crippen molar-refractivity contribution in [2.75, 3.05) is 0 Å². The van der Waals surface area contributed by atoms with Gasteiger partial charge >= 0.3 is 0 Å². The lowest BCUT2D eigenvalue weighted by Gasteiger charge is -2.12. The van der Waals surface area contributed by atoms with Crippen molar-refractivity contribution in [3.63, 3.8) is 0 Å². The summed E-state index contributed by atoms with van der Waals surface area (Å²) in [7, 11) is -3.60. The van der Waals surface area contributed by atoms with Crippen LogP contribution in [0, 0.1) is 13.8 Å². The number of benzene rings is 2. The first-order chi connectivity index (χ1) is 13.8. The molecule has 29 heavy (non-hydrogen) atoms. The largest absolute Gasteiger partial charge is 0.467 e. The average Bonchev–Trinajstić information content (AvgIpc) is 3.24. The minimum absolute atomic E-state index is 0.139. The number of furan rings is 1. The number of rotatable bonds is 7. The summed E-state index contributed by atoms with van der Waals surface area (Å²) in [4.78, 5) is 12.6. The van der Waals surface area contributed by atoms with Gasteiger partial charge in [-0.05, 0) is 73.9 Å². The Morgan fingerprint density at radius 1 is 1.03 bits per heavy atom. The summed E-state index contributed by atoms with van der Waals surface area (Å²) in [6.45, 7) is 5.80. The Balaban J connectivity index is 1.61. The van der Waals surface area contributed by atoms with Gasteiger partial charge in [0.2, 0.25) is 10.0 Å². The zero-order valence-electron chi connectivity index (χ0n) is 16.6. The van der Waals surface area contributed by atoms with Crippen molar-refractivity contribution in [1.82, 2.24) is 10.0 Å². The Morgan fingerprint density at radius 2 is 1.76 bits per heavy atom. The fourth-order valence-corrected chi connectivity index (χ4v) is 3.91. The van der Waals surface area contributed by atoms with Gasteiger partial charge in [-0.3, -0.25) is 4.79 Å². The normalized spacial score (nSPS) is 12.5. The van der Waals surface area contributed by atoms with E-state index in [1.54, 1.807) is 60.9 Å². The summed E-state index contributed by atoms with van der Waals surface area (Å²) in [5.74, 6) is 0.451. The van der Waals surface area contributed by atoms with Crippen LogP contribution in [0.3, 0.4) is 0 Å². The first-order valence-electron chi connectivity index (χ1n) is 9.26. The van der Waals surface area contributed by atoms with E-state index < -0.39 is 10.0 Å². The molecule has 3 aromatic rings. The number of carbonyl (C=O) groups excluding carboxylic acids is 1. The fraction of sp³-hybridized carbons (Fsp3) is 0.227. The lowest BCUT2D eigenvalue weighted by atomic mass is 10.1. The SMILES string of the molecule is Cc1ccc(S(=O)(=O)NCc2ccc(C(=O)N[C@H](C)c3ccco3)cc2)cc1C. The van der Waals surface area contributed by atoms with Crippen LogP contribution in [0.25, 0.3) is 0 Å². The molecule has 0 aliphatic carbocycles. The minimum Gasteiger partial charge on any atom is -0.467 e. The molecule has 2 aromatic carbocycles. The smallest absolute Gasteiger partial charge is 0.251 e. The van der Waals surface area contributed by atoms with Crippen molar-refractivity contribution in [2.24, 2.45) is 0 Å². The number of hydrogen-bond acceptors (Lipinski definition) is 4. The molecule has 0 bridgehead atoms. The summed E-state index contributed by atoms with van der Waals surface area (Å²) in [6, 6.07) is 15.2. The van der Waals surface area contributed by atoms with E-state index in [0.29, 0.717) is 11.3 Å². The molecule has 0 spiro atoms. The zero-order chi connectivity index (χ0) is 21.0. The predicted octanol–water partition coefficient (Wildman–Crippen LogP) is 3.87. The maximum atomic E-state index is 12.5. The lowest BCUT2D eigenvalue weighted by molar-refractivity contribution is 0.0935. The highest BCUT2D eigenvalue weighted by Gasteiger charge is 2.15. The molecule has 0 aliphatic heterocycles. The number of sulfonamides is 1. The summed E-state index contributed by atoms with van der Waals surface area (Å²) in [5.41, 5.74) is 3.21. The van der Waals surface area contributed by atoms with Crippen LogP contribution in [0.1, 0.15) is 45.8 Å². The van der Waals surface area contributed by atoms with Gasteiger partial charge in [0.05, 0.1) is 17.2 Å². The Hall–Kier alpha value is -2.90. The standard InChI is InChI=1S/C22H24N2O4S/c1-15-6-11-20(13-16(15)2)29(26,27)23-14-18-7-9-19(10-8-18)22(25)24-17(3)21-5-4-12-28-21/h4-13,17,23H,14H2,1-3H3,(H,24,25)/t17-/m1/s1. The molecule has 0 fully saturated rings.